The molecular formula is C16H14N2O2S. The summed E-state index contributed by atoms with van der Waals surface area (Å²) in [5.74, 6) is 1.18. The fraction of sp³-hybridized carbons (Fsp3) is 0.125. The van der Waals surface area contributed by atoms with Crippen molar-refractivity contribution in [2.75, 3.05) is 5.32 Å². The van der Waals surface area contributed by atoms with Gasteiger partial charge >= 0.3 is 0 Å². The van der Waals surface area contributed by atoms with Crippen LogP contribution in [0.5, 0.6) is 0 Å². The van der Waals surface area contributed by atoms with Gasteiger partial charge in [0.05, 0.1) is 11.3 Å². The molecule has 0 aliphatic rings. The molecule has 3 rings (SSSR count). The van der Waals surface area contributed by atoms with Crippen LogP contribution in [0.4, 0.5) is 5.00 Å². The number of amides is 1. The zero-order chi connectivity index (χ0) is 14.8. The average Bonchev–Trinajstić information content (AvgIpc) is 3.06. The molecule has 21 heavy (non-hydrogen) atoms. The molecule has 2 aromatic heterocycles. The standard InChI is InChI=1S/C16H14N2O2S/c1-10-8-13(11(2)20-10)16(19)17-15-9-14(18-21-15)12-6-4-3-5-7-12/h3-9H,1-2H3,(H,17,19). The number of aryl methyl sites for hydroxylation is 2. The van der Waals surface area contributed by atoms with Crippen LogP contribution in [0.2, 0.25) is 0 Å². The highest BCUT2D eigenvalue weighted by Gasteiger charge is 2.15. The van der Waals surface area contributed by atoms with Gasteiger partial charge < -0.3 is 9.73 Å². The third kappa shape index (κ3) is 2.87. The van der Waals surface area contributed by atoms with Crippen LogP contribution in [-0.4, -0.2) is 10.3 Å². The van der Waals surface area contributed by atoms with E-state index >= 15 is 0 Å². The molecule has 0 aliphatic heterocycles. The maximum absolute atomic E-state index is 12.2. The van der Waals surface area contributed by atoms with Crippen molar-refractivity contribution in [1.82, 2.24) is 4.37 Å². The molecule has 1 amide bonds. The Hall–Kier alpha value is -2.40. The molecule has 0 radical (unpaired) electrons. The van der Waals surface area contributed by atoms with Crippen molar-refractivity contribution < 1.29 is 9.21 Å². The van der Waals surface area contributed by atoms with Gasteiger partial charge in [0.1, 0.15) is 16.5 Å². The predicted octanol–water partition coefficient (Wildman–Crippen LogP) is 4.27. The molecule has 0 bridgehead atoms. The summed E-state index contributed by atoms with van der Waals surface area (Å²) in [5.41, 5.74) is 2.45. The molecule has 0 unspecified atom stereocenters. The number of hydrogen-bond donors (Lipinski definition) is 1. The van der Waals surface area contributed by atoms with Crippen LogP contribution in [0.1, 0.15) is 21.9 Å². The third-order valence-electron chi connectivity index (χ3n) is 3.10. The first-order valence-electron chi connectivity index (χ1n) is 6.54. The number of carbonyl (C=O) groups is 1. The van der Waals surface area contributed by atoms with Crippen molar-refractivity contribution in [3.8, 4) is 11.3 Å². The molecule has 0 spiro atoms. The van der Waals surface area contributed by atoms with Crippen LogP contribution < -0.4 is 5.32 Å². The van der Waals surface area contributed by atoms with Gasteiger partial charge in [0.15, 0.2) is 0 Å². The van der Waals surface area contributed by atoms with E-state index in [2.05, 4.69) is 9.69 Å². The summed E-state index contributed by atoms with van der Waals surface area (Å²) >= 11 is 1.27. The first kappa shape index (κ1) is 13.6. The van der Waals surface area contributed by atoms with Crippen molar-refractivity contribution in [3.63, 3.8) is 0 Å². The van der Waals surface area contributed by atoms with E-state index in [4.69, 9.17) is 4.42 Å². The fourth-order valence-corrected chi connectivity index (χ4v) is 2.77. The zero-order valence-electron chi connectivity index (χ0n) is 11.7. The Bertz CT molecular complexity index is 775. The predicted molar refractivity (Wildman–Crippen MR) is 83.7 cm³/mol. The molecule has 0 aliphatic carbocycles. The maximum atomic E-state index is 12.2. The number of nitrogens with zero attached hydrogens (tertiary/aromatic N) is 1. The summed E-state index contributed by atoms with van der Waals surface area (Å²) in [6.45, 7) is 3.61. The fourth-order valence-electron chi connectivity index (χ4n) is 2.11. The van der Waals surface area contributed by atoms with Crippen LogP contribution in [0.3, 0.4) is 0 Å². The van der Waals surface area contributed by atoms with Crippen LogP contribution >= 0.6 is 11.5 Å². The van der Waals surface area contributed by atoms with Crippen molar-refractivity contribution in [2.24, 2.45) is 0 Å². The smallest absolute Gasteiger partial charge is 0.259 e. The summed E-state index contributed by atoms with van der Waals surface area (Å²) in [7, 11) is 0. The molecule has 106 valence electrons. The van der Waals surface area contributed by atoms with Gasteiger partial charge in [-0.05, 0) is 31.4 Å². The van der Waals surface area contributed by atoms with E-state index in [0.29, 0.717) is 11.3 Å². The van der Waals surface area contributed by atoms with Crippen LogP contribution in [-0.2, 0) is 0 Å². The number of aromatic nitrogens is 1. The Morgan fingerprint density at radius 2 is 1.95 bits per heavy atom. The highest BCUT2D eigenvalue weighted by Crippen LogP contribution is 2.26. The number of furan rings is 1. The topological polar surface area (TPSA) is 55.1 Å². The lowest BCUT2D eigenvalue weighted by molar-refractivity contribution is 0.102. The Kier molecular flexibility index (Phi) is 3.58. The maximum Gasteiger partial charge on any atom is 0.259 e. The van der Waals surface area contributed by atoms with Crippen molar-refractivity contribution in [3.05, 3.63) is 59.5 Å². The largest absolute Gasteiger partial charge is 0.466 e. The Balaban J connectivity index is 1.79. The second-order valence-electron chi connectivity index (χ2n) is 4.72. The molecule has 5 heteroatoms. The summed E-state index contributed by atoms with van der Waals surface area (Å²) in [6.07, 6.45) is 0. The van der Waals surface area contributed by atoms with E-state index in [9.17, 15) is 4.79 Å². The summed E-state index contributed by atoms with van der Waals surface area (Å²) in [6, 6.07) is 13.5. The molecule has 2 heterocycles. The molecule has 0 saturated heterocycles. The second kappa shape index (κ2) is 5.54. The summed E-state index contributed by atoms with van der Waals surface area (Å²) in [5, 5.41) is 3.58. The van der Waals surface area contributed by atoms with Gasteiger partial charge in [-0.1, -0.05) is 30.3 Å². The second-order valence-corrected chi connectivity index (χ2v) is 5.53. The minimum Gasteiger partial charge on any atom is -0.466 e. The minimum absolute atomic E-state index is 0.174. The zero-order valence-corrected chi connectivity index (χ0v) is 12.5. The minimum atomic E-state index is -0.174. The first-order valence-corrected chi connectivity index (χ1v) is 7.31. The Morgan fingerprint density at radius 3 is 2.62 bits per heavy atom. The number of benzene rings is 1. The van der Waals surface area contributed by atoms with E-state index < -0.39 is 0 Å². The lowest BCUT2D eigenvalue weighted by Crippen LogP contribution is -2.10. The van der Waals surface area contributed by atoms with E-state index in [1.54, 1.807) is 13.0 Å². The van der Waals surface area contributed by atoms with E-state index in [0.717, 1.165) is 22.0 Å². The number of nitrogens with one attached hydrogen (secondary N) is 1. The molecule has 0 fully saturated rings. The number of hydrogen-bond acceptors (Lipinski definition) is 4. The van der Waals surface area contributed by atoms with Crippen molar-refractivity contribution >= 4 is 22.4 Å². The first-order chi connectivity index (χ1) is 10.1. The highest BCUT2D eigenvalue weighted by molar-refractivity contribution is 7.10. The molecule has 0 saturated carbocycles. The quantitative estimate of drug-likeness (QED) is 0.785. The monoisotopic (exact) mass is 298 g/mol. The lowest BCUT2D eigenvalue weighted by atomic mass is 10.1. The molecule has 1 N–H and O–H groups in total. The van der Waals surface area contributed by atoms with Gasteiger partial charge in [0.2, 0.25) is 0 Å². The van der Waals surface area contributed by atoms with E-state index in [1.165, 1.54) is 11.5 Å². The number of anilines is 1. The SMILES string of the molecule is Cc1cc(C(=O)Nc2cc(-c3ccccc3)ns2)c(C)o1. The van der Waals surface area contributed by atoms with E-state index in [1.807, 2.05) is 43.3 Å². The van der Waals surface area contributed by atoms with Gasteiger partial charge in [-0.2, -0.15) is 4.37 Å². The summed E-state index contributed by atoms with van der Waals surface area (Å²) in [4.78, 5) is 12.2. The molecule has 1 aromatic carbocycles. The normalized spacial score (nSPS) is 10.6. The number of rotatable bonds is 3. The lowest BCUT2D eigenvalue weighted by Gasteiger charge is -1.99. The van der Waals surface area contributed by atoms with Crippen molar-refractivity contribution in [1.29, 1.82) is 0 Å². The summed E-state index contributed by atoms with van der Waals surface area (Å²) < 4.78 is 9.74. The van der Waals surface area contributed by atoms with Gasteiger partial charge in [0, 0.05) is 11.6 Å². The molecule has 3 aromatic rings. The molecule has 4 nitrogen and oxygen atoms in total. The average molecular weight is 298 g/mol. The van der Waals surface area contributed by atoms with Crippen LogP contribution in [0, 0.1) is 13.8 Å². The molecular weight excluding hydrogens is 284 g/mol. The van der Waals surface area contributed by atoms with E-state index in [-0.39, 0.29) is 5.91 Å². The van der Waals surface area contributed by atoms with Gasteiger partial charge in [0.25, 0.3) is 5.91 Å². The Labute approximate surface area is 126 Å². The van der Waals surface area contributed by atoms with Crippen molar-refractivity contribution in [2.45, 2.75) is 13.8 Å². The molecule has 0 atom stereocenters. The number of carbonyl (C=O) groups excluding carboxylic acids is 1. The van der Waals surface area contributed by atoms with Gasteiger partial charge in [-0.3, -0.25) is 4.79 Å². The van der Waals surface area contributed by atoms with Crippen LogP contribution in [0.15, 0.2) is 46.9 Å². The van der Waals surface area contributed by atoms with Gasteiger partial charge in [-0.15, -0.1) is 0 Å². The Morgan fingerprint density at radius 1 is 1.19 bits per heavy atom. The highest BCUT2D eigenvalue weighted by atomic mass is 32.1. The van der Waals surface area contributed by atoms with Gasteiger partial charge in [-0.25, -0.2) is 0 Å². The van der Waals surface area contributed by atoms with Crippen LogP contribution in [0.25, 0.3) is 11.3 Å². The third-order valence-corrected chi connectivity index (χ3v) is 3.81.